The summed E-state index contributed by atoms with van der Waals surface area (Å²) in [5.74, 6) is -1.74. The first-order valence-corrected chi connectivity index (χ1v) is 16.0. The van der Waals surface area contributed by atoms with Crippen LogP contribution in [0.4, 0.5) is 8.78 Å². The molecule has 2 heterocycles. The van der Waals surface area contributed by atoms with Crippen LogP contribution in [0.3, 0.4) is 0 Å². The summed E-state index contributed by atoms with van der Waals surface area (Å²) in [5, 5.41) is 0. The van der Waals surface area contributed by atoms with Crippen molar-refractivity contribution < 1.29 is 31.5 Å². The average Bonchev–Trinajstić information content (AvgIpc) is 3.35. The molecule has 11 heteroatoms. The molecule has 1 amide bonds. The fraction of sp³-hybridized carbons (Fsp3) is 0.333. The van der Waals surface area contributed by atoms with E-state index in [-0.39, 0.29) is 29.7 Å². The Hall–Kier alpha value is -3.93. The van der Waals surface area contributed by atoms with Gasteiger partial charge in [-0.05, 0) is 54.3 Å². The lowest BCUT2D eigenvalue weighted by molar-refractivity contribution is -0.124. The summed E-state index contributed by atoms with van der Waals surface area (Å²) in [6.07, 6.45) is 1.67. The number of ketones is 1. The van der Waals surface area contributed by atoms with E-state index in [9.17, 15) is 26.8 Å². The van der Waals surface area contributed by atoms with Crippen molar-refractivity contribution in [2.45, 2.75) is 49.9 Å². The Morgan fingerprint density at radius 2 is 1.64 bits per heavy atom. The van der Waals surface area contributed by atoms with E-state index in [1.165, 1.54) is 4.31 Å². The van der Waals surface area contributed by atoms with Crippen molar-refractivity contribution in [2.75, 3.05) is 26.2 Å². The minimum atomic E-state index is -3.91. The van der Waals surface area contributed by atoms with Gasteiger partial charge in [0.15, 0.2) is 17.4 Å². The van der Waals surface area contributed by atoms with Crippen LogP contribution in [-0.2, 0) is 34.5 Å². The largest absolute Gasteiger partial charge is 0.489 e. The zero-order valence-electron chi connectivity index (χ0n) is 24.2. The van der Waals surface area contributed by atoms with Crippen LogP contribution in [-0.4, -0.2) is 66.4 Å². The van der Waals surface area contributed by atoms with Gasteiger partial charge >= 0.3 is 0 Å². The highest BCUT2D eigenvalue weighted by Crippen LogP contribution is 2.35. The summed E-state index contributed by atoms with van der Waals surface area (Å²) in [6, 6.07) is 15.6. The van der Waals surface area contributed by atoms with E-state index in [4.69, 9.17) is 4.74 Å². The third-order valence-electron chi connectivity index (χ3n) is 8.58. The lowest BCUT2D eigenvalue weighted by Crippen LogP contribution is -2.48. The summed E-state index contributed by atoms with van der Waals surface area (Å²) in [5.41, 5.74) is 4.31. The van der Waals surface area contributed by atoms with Crippen LogP contribution in [0.2, 0.25) is 0 Å². The highest BCUT2D eigenvalue weighted by molar-refractivity contribution is 7.89. The number of rotatable bonds is 8. The molecule has 2 fully saturated rings. The van der Waals surface area contributed by atoms with Crippen molar-refractivity contribution in [3.63, 3.8) is 0 Å². The molecular formula is C33H33F2N3O5S. The highest BCUT2D eigenvalue weighted by atomic mass is 32.2. The Morgan fingerprint density at radius 1 is 0.909 bits per heavy atom. The van der Waals surface area contributed by atoms with Gasteiger partial charge in [-0.25, -0.2) is 17.2 Å². The minimum absolute atomic E-state index is 0.0403. The summed E-state index contributed by atoms with van der Waals surface area (Å²) in [4.78, 5) is 29.3. The van der Waals surface area contributed by atoms with E-state index < -0.39 is 27.7 Å². The van der Waals surface area contributed by atoms with Crippen molar-refractivity contribution in [3.8, 4) is 5.75 Å². The van der Waals surface area contributed by atoms with Crippen LogP contribution in [0.5, 0.6) is 5.75 Å². The van der Waals surface area contributed by atoms with E-state index in [1.807, 2.05) is 30.3 Å². The van der Waals surface area contributed by atoms with E-state index in [0.29, 0.717) is 56.9 Å². The normalized spacial score (nSPS) is 19.8. The molecule has 8 nitrogen and oxygen atoms in total. The molecule has 1 unspecified atom stereocenters. The first-order valence-electron chi connectivity index (χ1n) is 14.6. The number of nitrogens with zero attached hydrogens (tertiary/aromatic N) is 3. The van der Waals surface area contributed by atoms with Crippen LogP contribution < -0.4 is 4.74 Å². The number of carbonyl (C=O) groups is 2. The summed E-state index contributed by atoms with van der Waals surface area (Å²) in [7, 11) is -3.91. The molecule has 1 saturated heterocycles. The van der Waals surface area contributed by atoms with Gasteiger partial charge in [0.2, 0.25) is 10.0 Å². The predicted molar refractivity (Wildman–Crippen MR) is 159 cm³/mol. The fourth-order valence-corrected chi connectivity index (χ4v) is 7.51. The molecule has 230 valence electrons. The monoisotopic (exact) mass is 621 g/mol. The number of carbonyl (C=O) groups excluding carboxylic acids is 2. The van der Waals surface area contributed by atoms with Crippen LogP contribution in [0.25, 0.3) is 0 Å². The molecule has 0 radical (unpaired) electrons. The first kappa shape index (κ1) is 30.1. The standard InChI is InChI=1S/C33H33F2N3O5S/c1-22-5-12-30(31(39)17-22)38-20-27-26(33(38)40)3-2-4-32(27)43-21-24-8-6-23(7-9-24)19-36-13-15-37(16-14-36)44(41,42)25-10-11-28(34)29(35)18-25/h2-4,6-11,18,30H,1,5,12-17,19-21H2. The molecule has 6 rings (SSSR count). The molecule has 3 aromatic carbocycles. The van der Waals surface area contributed by atoms with E-state index >= 15 is 0 Å². The molecular weight excluding hydrogens is 588 g/mol. The van der Waals surface area contributed by atoms with Gasteiger partial charge in [-0.15, -0.1) is 0 Å². The number of sulfonamides is 1. The second-order valence-corrected chi connectivity index (χ2v) is 13.5. The smallest absolute Gasteiger partial charge is 0.255 e. The maximum atomic E-state index is 13.6. The van der Waals surface area contributed by atoms with Crippen molar-refractivity contribution in [3.05, 3.63) is 107 Å². The van der Waals surface area contributed by atoms with Crippen LogP contribution in [0.15, 0.2) is 77.7 Å². The molecule has 1 atom stereocenters. The van der Waals surface area contributed by atoms with Crippen molar-refractivity contribution in [1.29, 1.82) is 0 Å². The van der Waals surface area contributed by atoms with Gasteiger partial charge in [0.05, 0.1) is 17.5 Å². The molecule has 1 saturated carbocycles. The molecule has 0 bridgehead atoms. The third kappa shape index (κ3) is 6.04. The predicted octanol–water partition coefficient (Wildman–Crippen LogP) is 4.68. The van der Waals surface area contributed by atoms with Gasteiger partial charge in [-0.3, -0.25) is 14.5 Å². The number of benzene rings is 3. The number of fused-ring (bicyclic) bond motifs is 1. The minimum Gasteiger partial charge on any atom is -0.489 e. The molecule has 3 aromatic rings. The number of piperazine rings is 1. The molecule has 0 spiro atoms. The lowest BCUT2D eigenvalue weighted by Gasteiger charge is -2.34. The highest BCUT2D eigenvalue weighted by Gasteiger charge is 2.39. The number of amides is 1. The molecule has 0 N–H and O–H groups in total. The fourth-order valence-electron chi connectivity index (χ4n) is 6.07. The van der Waals surface area contributed by atoms with Crippen LogP contribution in [0.1, 0.15) is 46.3 Å². The van der Waals surface area contributed by atoms with E-state index in [2.05, 4.69) is 11.5 Å². The zero-order chi connectivity index (χ0) is 31.0. The Bertz CT molecular complexity index is 1720. The van der Waals surface area contributed by atoms with Gasteiger partial charge in [-0.1, -0.05) is 42.5 Å². The summed E-state index contributed by atoms with van der Waals surface area (Å²) >= 11 is 0. The Labute approximate surface area is 255 Å². The molecule has 3 aliphatic rings. The van der Waals surface area contributed by atoms with Crippen LogP contribution in [0, 0.1) is 11.6 Å². The van der Waals surface area contributed by atoms with Gasteiger partial charge in [0.1, 0.15) is 12.4 Å². The first-order chi connectivity index (χ1) is 21.1. The number of Topliss-reactive ketones (excluding diaryl/α,β-unsaturated/α-hetero) is 1. The number of allylic oxidation sites excluding steroid dienone is 1. The Balaban J connectivity index is 1.02. The summed E-state index contributed by atoms with van der Waals surface area (Å²) in [6.45, 7) is 6.73. The SMILES string of the molecule is C=C1CCC(N2Cc3c(OCc4ccc(CN5CCN(S(=O)(=O)c6ccc(F)c(F)c6)CC5)cc4)cccc3C2=O)C(=O)C1. The maximum absolute atomic E-state index is 13.6. The number of hydrogen-bond donors (Lipinski definition) is 0. The molecule has 1 aliphatic carbocycles. The lowest BCUT2D eigenvalue weighted by atomic mass is 9.90. The second kappa shape index (κ2) is 12.2. The van der Waals surface area contributed by atoms with Crippen molar-refractivity contribution in [1.82, 2.24) is 14.1 Å². The summed E-state index contributed by atoms with van der Waals surface area (Å²) < 4.78 is 60.1. The van der Waals surface area contributed by atoms with Gasteiger partial charge in [0.25, 0.3) is 5.91 Å². The van der Waals surface area contributed by atoms with Gasteiger partial charge in [-0.2, -0.15) is 4.31 Å². The topological polar surface area (TPSA) is 87.2 Å². The number of ether oxygens (including phenoxy) is 1. The molecule has 0 aromatic heterocycles. The van der Waals surface area contributed by atoms with Crippen LogP contribution >= 0.6 is 0 Å². The number of hydrogen-bond acceptors (Lipinski definition) is 6. The second-order valence-electron chi connectivity index (χ2n) is 11.5. The molecule has 2 aliphatic heterocycles. The van der Waals surface area contributed by atoms with Gasteiger partial charge in [0, 0.05) is 50.3 Å². The Kier molecular flexibility index (Phi) is 8.36. The third-order valence-corrected chi connectivity index (χ3v) is 10.5. The van der Waals surface area contributed by atoms with E-state index in [0.717, 1.165) is 46.9 Å². The van der Waals surface area contributed by atoms with Gasteiger partial charge < -0.3 is 9.64 Å². The quantitative estimate of drug-likeness (QED) is 0.340. The van der Waals surface area contributed by atoms with Crippen molar-refractivity contribution >= 4 is 21.7 Å². The van der Waals surface area contributed by atoms with Crippen molar-refractivity contribution in [2.24, 2.45) is 0 Å². The maximum Gasteiger partial charge on any atom is 0.255 e. The zero-order valence-corrected chi connectivity index (χ0v) is 25.0. The van der Waals surface area contributed by atoms with E-state index in [1.54, 1.807) is 17.0 Å². The average molecular weight is 622 g/mol. The number of halogens is 2. The Morgan fingerprint density at radius 3 is 2.34 bits per heavy atom. The molecule has 44 heavy (non-hydrogen) atoms.